The highest BCUT2D eigenvalue weighted by Crippen LogP contribution is 2.44. The lowest BCUT2D eigenvalue weighted by Crippen LogP contribution is -2.51. The van der Waals surface area contributed by atoms with Gasteiger partial charge in [0.15, 0.2) is 0 Å². The summed E-state index contributed by atoms with van der Waals surface area (Å²) in [7, 11) is 0. The number of aliphatic carboxylic acids is 1. The number of carbonyl (C=O) groups excluding carboxylic acids is 2. The Balaban J connectivity index is 1.37. The van der Waals surface area contributed by atoms with Gasteiger partial charge < -0.3 is 20.5 Å². The van der Waals surface area contributed by atoms with E-state index in [0.29, 0.717) is 12.8 Å². The molecule has 35 heavy (non-hydrogen) atoms. The first-order valence-electron chi connectivity index (χ1n) is 12.0. The van der Waals surface area contributed by atoms with Crippen molar-refractivity contribution in [3.63, 3.8) is 0 Å². The highest BCUT2D eigenvalue weighted by atomic mass is 16.5. The van der Waals surface area contributed by atoms with Crippen molar-refractivity contribution in [2.75, 3.05) is 13.2 Å². The third-order valence-corrected chi connectivity index (χ3v) is 7.14. The van der Waals surface area contributed by atoms with Gasteiger partial charge in [0.05, 0.1) is 5.41 Å². The summed E-state index contributed by atoms with van der Waals surface area (Å²) in [5.74, 6) is 0.880. The van der Waals surface area contributed by atoms with E-state index in [2.05, 4.69) is 28.7 Å². The summed E-state index contributed by atoms with van der Waals surface area (Å²) in [6.45, 7) is 0.126. The Kier molecular flexibility index (Phi) is 7.40. The van der Waals surface area contributed by atoms with Crippen LogP contribution in [0.4, 0.5) is 4.79 Å². The Labute approximate surface area is 205 Å². The molecule has 1 fully saturated rings. The van der Waals surface area contributed by atoms with Crippen LogP contribution in [0, 0.1) is 17.8 Å². The van der Waals surface area contributed by atoms with Crippen LogP contribution in [-0.2, 0) is 14.3 Å². The van der Waals surface area contributed by atoms with Crippen molar-refractivity contribution < 1.29 is 24.2 Å². The average Bonchev–Trinajstić information content (AvgIpc) is 3.20. The number of nitrogens with one attached hydrogen (secondary N) is 2. The quantitative estimate of drug-likeness (QED) is 0.501. The molecule has 0 heterocycles. The smallest absolute Gasteiger partial charge is 0.407 e. The summed E-state index contributed by atoms with van der Waals surface area (Å²) in [5, 5.41) is 15.0. The van der Waals surface area contributed by atoms with Crippen LogP contribution < -0.4 is 10.6 Å². The van der Waals surface area contributed by atoms with Crippen molar-refractivity contribution in [3.05, 3.63) is 59.7 Å². The Morgan fingerprint density at radius 1 is 1.03 bits per heavy atom. The lowest BCUT2D eigenvalue weighted by Gasteiger charge is -2.33. The second kappa shape index (κ2) is 10.6. The Bertz CT molecular complexity index is 1100. The van der Waals surface area contributed by atoms with E-state index in [0.717, 1.165) is 41.5 Å². The molecule has 2 amide bonds. The second-order valence-corrected chi connectivity index (χ2v) is 9.29. The summed E-state index contributed by atoms with van der Waals surface area (Å²) in [6, 6.07) is 15.0. The highest BCUT2D eigenvalue weighted by Gasteiger charge is 2.40. The maximum atomic E-state index is 12.8. The molecule has 2 aromatic carbocycles. The number of rotatable bonds is 8. The van der Waals surface area contributed by atoms with Gasteiger partial charge in [-0.05, 0) is 35.1 Å². The van der Waals surface area contributed by atoms with Crippen LogP contribution in [0.2, 0.25) is 0 Å². The third kappa shape index (κ3) is 5.17. The van der Waals surface area contributed by atoms with Crippen LogP contribution in [0.25, 0.3) is 11.1 Å². The van der Waals surface area contributed by atoms with Crippen molar-refractivity contribution in [2.24, 2.45) is 5.41 Å². The summed E-state index contributed by atoms with van der Waals surface area (Å²) < 4.78 is 5.53. The van der Waals surface area contributed by atoms with Crippen molar-refractivity contribution in [1.82, 2.24) is 10.6 Å². The number of benzene rings is 2. The fraction of sp³-hybridized carbons (Fsp3) is 0.393. The number of amides is 2. The molecule has 2 aromatic rings. The second-order valence-electron chi connectivity index (χ2n) is 9.29. The number of terminal acetylenes is 1. The van der Waals surface area contributed by atoms with E-state index in [-0.39, 0.29) is 25.5 Å². The van der Waals surface area contributed by atoms with Crippen LogP contribution in [0.3, 0.4) is 0 Å². The van der Waals surface area contributed by atoms with Gasteiger partial charge in [-0.15, -0.1) is 12.3 Å². The van der Waals surface area contributed by atoms with E-state index >= 15 is 0 Å². The standard InChI is InChI=1S/C28H30N2O5/c1-2-10-24(25(31)29-18-28(26(32)33)15-8-3-9-16-28)30-27(34)35-17-23-21-13-6-4-11-19(21)20-12-5-7-14-22(20)23/h1,4-7,11-14,23-24H,3,8-10,15-18H2,(H,29,31)(H,30,34)(H,32,33). The van der Waals surface area contributed by atoms with Gasteiger partial charge in [0, 0.05) is 18.9 Å². The molecule has 0 spiro atoms. The number of alkyl carbamates (subject to hydrolysis) is 1. The van der Waals surface area contributed by atoms with Gasteiger partial charge >= 0.3 is 12.1 Å². The number of carbonyl (C=O) groups is 3. The SMILES string of the molecule is C#CCC(NC(=O)OCC1c2ccccc2-c2ccccc21)C(=O)NCC1(C(=O)O)CCCCC1. The van der Waals surface area contributed by atoms with Gasteiger partial charge in [0.1, 0.15) is 12.6 Å². The third-order valence-electron chi connectivity index (χ3n) is 7.14. The molecule has 7 nitrogen and oxygen atoms in total. The minimum Gasteiger partial charge on any atom is -0.481 e. The van der Waals surface area contributed by atoms with Gasteiger partial charge in [0.2, 0.25) is 5.91 Å². The van der Waals surface area contributed by atoms with Crippen molar-refractivity contribution >= 4 is 18.0 Å². The van der Waals surface area contributed by atoms with Crippen LogP contribution in [0.1, 0.15) is 55.6 Å². The molecule has 0 bridgehead atoms. The summed E-state index contributed by atoms with van der Waals surface area (Å²) in [6.07, 6.45) is 8.30. The zero-order valence-electron chi connectivity index (χ0n) is 19.6. The normalized spacial score (nSPS) is 16.8. The average molecular weight is 475 g/mol. The van der Waals surface area contributed by atoms with Gasteiger partial charge in [-0.1, -0.05) is 67.8 Å². The first-order valence-corrected chi connectivity index (χ1v) is 12.0. The lowest BCUT2D eigenvalue weighted by atomic mass is 9.74. The zero-order valence-corrected chi connectivity index (χ0v) is 19.6. The highest BCUT2D eigenvalue weighted by molar-refractivity contribution is 5.87. The van der Waals surface area contributed by atoms with Gasteiger partial charge in [0.25, 0.3) is 0 Å². The van der Waals surface area contributed by atoms with E-state index in [4.69, 9.17) is 11.2 Å². The fourth-order valence-corrected chi connectivity index (χ4v) is 5.18. The minimum atomic E-state index is -1.01. The largest absolute Gasteiger partial charge is 0.481 e. The number of carboxylic acids is 1. The molecule has 0 aliphatic heterocycles. The molecular weight excluding hydrogens is 444 g/mol. The molecule has 1 atom stereocenters. The molecule has 2 aliphatic carbocycles. The number of fused-ring (bicyclic) bond motifs is 3. The van der Waals surface area contributed by atoms with Crippen LogP contribution in [0.15, 0.2) is 48.5 Å². The molecule has 0 radical (unpaired) electrons. The van der Waals surface area contributed by atoms with Gasteiger partial charge in [-0.3, -0.25) is 9.59 Å². The molecular formula is C28H30N2O5. The predicted molar refractivity (Wildman–Crippen MR) is 132 cm³/mol. The number of hydrogen-bond acceptors (Lipinski definition) is 4. The molecule has 4 rings (SSSR count). The molecule has 1 saturated carbocycles. The lowest BCUT2D eigenvalue weighted by molar-refractivity contribution is -0.151. The van der Waals surface area contributed by atoms with Gasteiger partial charge in [-0.2, -0.15) is 0 Å². The molecule has 1 unspecified atom stereocenters. The summed E-state index contributed by atoms with van der Waals surface area (Å²) >= 11 is 0. The maximum absolute atomic E-state index is 12.8. The fourth-order valence-electron chi connectivity index (χ4n) is 5.18. The predicted octanol–water partition coefficient (Wildman–Crippen LogP) is 4.07. The van der Waals surface area contributed by atoms with Gasteiger partial charge in [-0.25, -0.2) is 4.79 Å². The van der Waals surface area contributed by atoms with Crippen LogP contribution in [-0.4, -0.2) is 42.3 Å². The molecule has 0 aromatic heterocycles. The van der Waals surface area contributed by atoms with Crippen molar-refractivity contribution in [2.45, 2.75) is 50.5 Å². The monoisotopic (exact) mass is 474 g/mol. The molecule has 2 aliphatic rings. The van der Waals surface area contributed by atoms with E-state index in [1.807, 2.05) is 36.4 Å². The summed E-state index contributed by atoms with van der Waals surface area (Å²) in [5.41, 5.74) is 3.45. The number of ether oxygens (including phenoxy) is 1. The number of carboxylic acid groups (broad SMARTS) is 1. The molecule has 182 valence electrons. The topological polar surface area (TPSA) is 105 Å². The van der Waals surface area contributed by atoms with E-state index < -0.39 is 29.4 Å². The van der Waals surface area contributed by atoms with E-state index in [9.17, 15) is 19.5 Å². The van der Waals surface area contributed by atoms with Crippen molar-refractivity contribution in [3.8, 4) is 23.5 Å². The Morgan fingerprint density at radius 3 is 2.20 bits per heavy atom. The Hall–Kier alpha value is -3.79. The number of hydrogen-bond donors (Lipinski definition) is 3. The van der Waals surface area contributed by atoms with E-state index in [1.165, 1.54) is 0 Å². The first kappa shape index (κ1) is 24.3. The molecule has 7 heteroatoms. The van der Waals surface area contributed by atoms with Crippen LogP contribution in [0.5, 0.6) is 0 Å². The zero-order chi connectivity index (χ0) is 24.8. The Morgan fingerprint density at radius 2 is 1.63 bits per heavy atom. The molecule has 3 N–H and O–H groups in total. The maximum Gasteiger partial charge on any atom is 0.407 e. The first-order chi connectivity index (χ1) is 16.9. The summed E-state index contributed by atoms with van der Waals surface area (Å²) in [4.78, 5) is 37.3. The minimum absolute atomic E-state index is 0.00854. The van der Waals surface area contributed by atoms with Crippen molar-refractivity contribution in [1.29, 1.82) is 0 Å². The van der Waals surface area contributed by atoms with E-state index in [1.54, 1.807) is 0 Å². The molecule has 0 saturated heterocycles. The van der Waals surface area contributed by atoms with Crippen LogP contribution >= 0.6 is 0 Å².